The van der Waals surface area contributed by atoms with Gasteiger partial charge in [0.05, 0.1) is 60.1 Å². The molecule has 12 heteroatoms. The van der Waals surface area contributed by atoms with Crippen LogP contribution in [0.3, 0.4) is 0 Å². The van der Waals surface area contributed by atoms with Crippen LogP contribution in [0.4, 0.5) is 0 Å². The minimum atomic E-state index is -0.470. The number of aryl methyl sites for hydroxylation is 1. The Labute approximate surface area is 224 Å². The number of aromatic hydroxyl groups is 1. The van der Waals surface area contributed by atoms with Gasteiger partial charge in [-0.3, -0.25) is 19.6 Å². The topological polar surface area (TPSA) is 117 Å². The Bertz CT molecular complexity index is 1460. The average Bonchev–Trinajstić information content (AvgIpc) is 3.51. The largest absolute Gasteiger partial charge is 0.506 e. The summed E-state index contributed by atoms with van der Waals surface area (Å²) in [6.07, 6.45) is 3.23. The normalized spacial score (nSPS) is 11.4. The molecule has 1 aromatic carbocycles. The molecule has 0 aliphatic carbocycles. The number of hydrogen-bond acceptors (Lipinski definition) is 8. The van der Waals surface area contributed by atoms with Gasteiger partial charge < -0.3 is 10.4 Å². The van der Waals surface area contributed by atoms with Crippen molar-refractivity contribution in [2.45, 2.75) is 20.4 Å². The van der Waals surface area contributed by atoms with Crippen molar-refractivity contribution in [1.82, 2.24) is 20.7 Å². The van der Waals surface area contributed by atoms with Crippen LogP contribution in [0.5, 0.6) is 5.75 Å². The Kier molecular flexibility index (Phi) is 8.00. The number of rotatable bonds is 7. The average molecular weight is 560 g/mol. The molecule has 0 aliphatic heterocycles. The molecule has 3 N–H and O–H groups in total. The van der Waals surface area contributed by atoms with E-state index in [0.717, 1.165) is 17.0 Å². The highest BCUT2D eigenvalue weighted by Crippen LogP contribution is 2.40. The fraction of sp³-hybridized carbons (Fsp3) is 0.125. The SMILES string of the molecule is CC(=NNC(=O)c1ccc(C(=O)NCc2cnc(C)cn2)s1)c1csc(-c2ccc(Cl)c(Cl)c2)c1O. The van der Waals surface area contributed by atoms with Crippen LogP contribution in [0.25, 0.3) is 10.4 Å². The first kappa shape index (κ1) is 25.8. The van der Waals surface area contributed by atoms with E-state index in [1.165, 1.54) is 11.3 Å². The maximum absolute atomic E-state index is 12.6. The van der Waals surface area contributed by atoms with Gasteiger partial charge in [-0.25, -0.2) is 5.43 Å². The lowest BCUT2D eigenvalue weighted by atomic mass is 10.1. The number of hydrazone groups is 1. The molecule has 3 heterocycles. The van der Waals surface area contributed by atoms with Gasteiger partial charge in [-0.1, -0.05) is 29.3 Å². The third kappa shape index (κ3) is 5.90. The summed E-state index contributed by atoms with van der Waals surface area (Å²) in [5.74, 6) is -0.761. The van der Waals surface area contributed by atoms with E-state index in [1.807, 2.05) is 6.92 Å². The lowest BCUT2D eigenvalue weighted by Crippen LogP contribution is -2.22. The van der Waals surface area contributed by atoms with E-state index < -0.39 is 5.91 Å². The van der Waals surface area contributed by atoms with Crippen LogP contribution >= 0.6 is 45.9 Å². The molecule has 4 rings (SSSR count). The first-order valence-corrected chi connectivity index (χ1v) is 12.9. The number of nitrogens with one attached hydrogen (secondary N) is 2. The van der Waals surface area contributed by atoms with E-state index in [4.69, 9.17) is 23.2 Å². The van der Waals surface area contributed by atoms with E-state index in [1.54, 1.807) is 55.0 Å². The highest BCUT2D eigenvalue weighted by molar-refractivity contribution is 7.16. The number of benzene rings is 1. The van der Waals surface area contributed by atoms with Crippen molar-refractivity contribution in [2.24, 2.45) is 5.10 Å². The van der Waals surface area contributed by atoms with Crippen LogP contribution in [0, 0.1) is 6.92 Å². The number of amides is 2. The van der Waals surface area contributed by atoms with Gasteiger partial charge >= 0.3 is 0 Å². The van der Waals surface area contributed by atoms with Crippen LogP contribution in [0.15, 0.2) is 53.2 Å². The molecule has 2 amide bonds. The standard InChI is InChI=1S/C24H19Cl2N5O3S2/c1-12-8-28-15(9-27-12)10-29-23(33)19-5-6-20(36-19)24(34)31-30-13(2)16-11-35-22(21(16)32)14-3-4-17(25)18(26)7-14/h3-9,11,32H,10H2,1-2H3,(H,29,33)(H,31,34). The molecule has 0 saturated heterocycles. The summed E-state index contributed by atoms with van der Waals surface area (Å²) in [7, 11) is 0. The predicted molar refractivity (Wildman–Crippen MR) is 143 cm³/mol. The molecule has 0 saturated carbocycles. The Morgan fingerprint density at radius 3 is 2.50 bits per heavy atom. The van der Waals surface area contributed by atoms with Crippen molar-refractivity contribution in [2.75, 3.05) is 0 Å². The summed E-state index contributed by atoms with van der Waals surface area (Å²) in [4.78, 5) is 34.6. The van der Waals surface area contributed by atoms with Crippen LogP contribution in [-0.4, -0.2) is 32.6 Å². The second-order valence-electron chi connectivity index (χ2n) is 7.59. The molecule has 4 aromatic rings. The quantitative estimate of drug-likeness (QED) is 0.199. The van der Waals surface area contributed by atoms with Crippen molar-refractivity contribution in [3.05, 3.63) is 84.9 Å². The van der Waals surface area contributed by atoms with E-state index in [-0.39, 0.29) is 18.2 Å². The van der Waals surface area contributed by atoms with Crippen LogP contribution in [0.2, 0.25) is 10.0 Å². The van der Waals surface area contributed by atoms with Crippen molar-refractivity contribution in [1.29, 1.82) is 0 Å². The first-order chi connectivity index (χ1) is 17.2. The maximum Gasteiger partial charge on any atom is 0.281 e. The van der Waals surface area contributed by atoms with Gasteiger partial charge in [0.1, 0.15) is 5.75 Å². The number of carbonyl (C=O) groups excluding carboxylic acids is 2. The minimum absolute atomic E-state index is 0.0298. The fourth-order valence-electron chi connectivity index (χ4n) is 3.05. The van der Waals surface area contributed by atoms with Crippen molar-refractivity contribution in [3.63, 3.8) is 0 Å². The fourth-order valence-corrected chi connectivity index (χ4v) is 5.16. The molecular weight excluding hydrogens is 541 g/mol. The third-order valence-corrected chi connectivity index (χ3v) is 7.82. The molecule has 8 nitrogen and oxygen atoms in total. The molecule has 0 spiro atoms. The lowest BCUT2D eigenvalue weighted by molar-refractivity contribution is 0.0949. The Morgan fingerprint density at radius 1 is 1.06 bits per heavy atom. The number of hydrogen-bond donors (Lipinski definition) is 3. The Morgan fingerprint density at radius 2 is 1.81 bits per heavy atom. The second kappa shape index (κ2) is 11.2. The van der Waals surface area contributed by atoms with Crippen LogP contribution in [0.1, 0.15) is 43.2 Å². The summed E-state index contributed by atoms with van der Waals surface area (Å²) in [5, 5.41) is 20.1. The van der Waals surface area contributed by atoms with Gasteiger partial charge in [-0.05, 0) is 43.7 Å². The number of thiophene rings is 2. The van der Waals surface area contributed by atoms with E-state index >= 15 is 0 Å². The van der Waals surface area contributed by atoms with Gasteiger partial charge in [-0.2, -0.15) is 5.10 Å². The van der Waals surface area contributed by atoms with Crippen molar-refractivity contribution in [3.8, 4) is 16.2 Å². The zero-order valence-electron chi connectivity index (χ0n) is 19.0. The number of carbonyl (C=O) groups is 2. The number of nitrogens with zero attached hydrogens (tertiary/aromatic N) is 3. The molecule has 0 aliphatic rings. The summed E-state index contributed by atoms with van der Waals surface area (Å²) < 4.78 is 0. The van der Waals surface area contributed by atoms with Gasteiger partial charge in [0, 0.05) is 11.6 Å². The molecule has 36 heavy (non-hydrogen) atoms. The minimum Gasteiger partial charge on any atom is -0.506 e. The molecule has 0 unspecified atom stereocenters. The van der Waals surface area contributed by atoms with Crippen LogP contribution < -0.4 is 10.7 Å². The number of aromatic nitrogens is 2. The first-order valence-electron chi connectivity index (χ1n) is 10.5. The van der Waals surface area contributed by atoms with E-state index in [0.29, 0.717) is 47.2 Å². The summed E-state index contributed by atoms with van der Waals surface area (Å²) in [6, 6.07) is 8.21. The van der Waals surface area contributed by atoms with Crippen molar-refractivity contribution < 1.29 is 14.7 Å². The molecule has 0 bridgehead atoms. The van der Waals surface area contributed by atoms with Gasteiger partial charge in [0.15, 0.2) is 0 Å². The second-order valence-corrected chi connectivity index (χ2v) is 10.4. The van der Waals surface area contributed by atoms with E-state index in [9.17, 15) is 14.7 Å². The summed E-state index contributed by atoms with van der Waals surface area (Å²) >= 11 is 14.4. The zero-order valence-corrected chi connectivity index (χ0v) is 22.1. The van der Waals surface area contributed by atoms with Crippen molar-refractivity contribution >= 4 is 63.4 Å². The number of halogens is 2. The predicted octanol–water partition coefficient (Wildman–Crippen LogP) is 5.67. The zero-order chi connectivity index (χ0) is 25.8. The maximum atomic E-state index is 12.6. The molecular formula is C24H19Cl2N5O3S2. The highest BCUT2D eigenvalue weighted by Gasteiger charge is 2.17. The Hall–Kier alpha value is -3.31. The van der Waals surface area contributed by atoms with Gasteiger partial charge in [0.25, 0.3) is 11.8 Å². The molecule has 3 aromatic heterocycles. The monoisotopic (exact) mass is 559 g/mol. The highest BCUT2D eigenvalue weighted by atomic mass is 35.5. The Balaban J connectivity index is 1.39. The smallest absolute Gasteiger partial charge is 0.281 e. The third-order valence-electron chi connectivity index (χ3n) is 4.98. The van der Waals surface area contributed by atoms with Gasteiger partial charge in [-0.15, -0.1) is 22.7 Å². The summed E-state index contributed by atoms with van der Waals surface area (Å²) in [5.41, 5.74) is 5.50. The molecule has 0 fully saturated rings. The van der Waals surface area contributed by atoms with Gasteiger partial charge in [0.2, 0.25) is 0 Å². The molecule has 0 radical (unpaired) electrons. The van der Waals surface area contributed by atoms with E-state index in [2.05, 4.69) is 25.8 Å². The van der Waals surface area contributed by atoms with Crippen LogP contribution in [-0.2, 0) is 6.54 Å². The molecule has 0 atom stereocenters. The summed E-state index contributed by atoms with van der Waals surface area (Å²) in [6.45, 7) is 3.72. The lowest BCUT2D eigenvalue weighted by Gasteiger charge is -2.04. The molecule has 184 valence electrons.